The van der Waals surface area contributed by atoms with Gasteiger partial charge in [-0.15, -0.1) is 0 Å². The number of aromatic nitrogens is 1. The predicted octanol–water partition coefficient (Wildman–Crippen LogP) is 3.57. The number of hydrogen-bond acceptors (Lipinski definition) is 4. The van der Waals surface area contributed by atoms with Crippen molar-refractivity contribution < 1.29 is 36.3 Å². The van der Waals surface area contributed by atoms with E-state index in [1.165, 1.54) is 24.0 Å². The third-order valence-electron chi connectivity index (χ3n) is 4.86. The molecule has 1 aromatic heterocycles. The molecule has 3 amide bonds. The number of alkyl halides is 3. The van der Waals surface area contributed by atoms with E-state index in [0.29, 0.717) is 0 Å². The van der Waals surface area contributed by atoms with E-state index in [1.54, 1.807) is 0 Å². The summed E-state index contributed by atoms with van der Waals surface area (Å²) in [6, 6.07) is 2.62. The zero-order valence-electron chi connectivity index (χ0n) is 17.0. The van der Waals surface area contributed by atoms with Crippen LogP contribution in [0.2, 0.25) is 5.02 Å². The number of pyridine rings is 1. The first-order chi connectivity index (χ1) is 15.6. The van der Waals surface area contributed by atoms with Gasteiger partial charge in [0, 0.05) is 13.1 Å². The second kappa shape index (κ2) is 10.2. The van der Waals surface area contributed by atoms with Gasteiger partial charge in [0.05, 0.1) is 16.8 Å². The van der Waals surface area contributed by atoms with Crippen LogP contribution in [0.4, 0.5) is 26.7 Å². The zero-order valence-corrected chi connectivity index (χ0v) is 17.8. The van der Waals surface area contributed by atoms with E-state index < -0.39 is 48.4 Å². The maximum atomic E-state index is 14.0. The molecule has 7 nitrogen and oxygen atoms in total. The Morgan fingerprint density at radius 1 is 1.24 bits per heavy atom. The number of halogens is 6. The van der Waals surface area contributed by atoms with E-state index >= 15 is 0 Å². The largest absolute Gasteiger partial charge is 0.435 e. The molecule has 0 aliphatic carbocycles. The molecule has 2 aromatic rings. The number of nitrogens with one attached hydrogen (secondary N) is 2. The molecule has 178 valence electrons. The van der Waals surface area contributed by atoms with E-state index in [1.807, 2.05) is 0 Å². The van der Waals surface area contributed by atoms with Gasteiger partial charge in [-0.3, -0.25) is 4.79 Å². The predicted molar refractivity (Wildman–Crippen MR) is 107 cm³/mol. The molecule has 0 spiro atoms. The van der Waals surface area contributed by atoms with Crippen molar-refractivity contribution in [1.82, 2.24) is 20.5 Å². The Bertz CT molecular complexity index is 1040. The van der Waals surface area contributed by atoms with Crippen LogP contribution in [0.25, 0.3) is 0 Å². The molecule has 3 rings (SSSR count). The summed E-state index contributed by atoms with van der Waals surface area (Å²) >= 11 is 5.84. The Kier molecular flexibility index (Phi) is 7.57. The molecule has 1 aromatic carbocycles. The summed E-state index contributed by atoms with van der Waals surface area (Å²) in [7, 11) is 0. The van der Waals surface area contributed by atoms with Crippen LogP contribution in [0.3, 0.4) is 0 Å². The van der Waals surface area contributed by atoms with E-state index in [-0.39, 0.29) is 35.3 Å². The summed E-state index contributed by atoms with van der Waals surface area (Å²) in [5.41, 5.74) is 0.0533. The molecule has 0 bridgehead atoms. The number of nitrogens with zero attached hydrogens (tertiary/aromatic N) is 2. The fourth-order valence-electron chi connectivity index (χ4n) is 3.13. The van der Waals surface area contributed by atoms with Crippen molar-refractivity contribution in [2.75, 3.05) is 13.1 Å². The smallest absolute Gasteiger partial charge is 0.318 e. The van der Waals surface area contributed by atoms with Crippen molar-refractivity contribution in [3.8, 4) is 5.88 Å². The van der Waals surface area contributed by atoms with Gasteiger partial charge < -0.3 is 20.3 Å². The second-order valence-electron chi connectivity index (χ2n) is 7.04. The number of urea groups is 1. The number of hydrogen-bond donors (Lipinski definition) is 2. The van der Waals surface area contributed by atoms with E-state index in [9.17, 15) is 31.5 Å². The van der Waals surface area contributed by atoms with Crippen molar-refractivity contribution in [2.24, 2.45) is 0 Å². The van der Waals surface area contributed by atoms with Crippen LogP contribution in [-0.2, 0) is 4.79 Å². The van der Waals surface area contributed by atoms with Crippen LogP contribution >= 0.6 is 11.6 Å². The molecule has 1 saturated heterocycles. The number of benzene rings is 1. The zero-order chi connectivity index (χ0) is 24.3. The lowest BCUT2D eigenvalue weighted by atomic mass is 10.0. The number of carbonyl (C=O) groups is 2. The summed E-state index contributed by atoms with van der Waals surface area (Å²) in [4.78, 5) is 29.8. The highest BCUT2D eigenvalue weighted by Gasteiger charge is 2.32. The lowest BCUT2D eigenvalue weighted by Crippen LogP contribution is -2.58. The summed E-state index contributed by atoms with van der Waals surface area (Å²) in [5.74, 6) is -3.40. The lowest BCUT2D eigenvalue weighted by Gasteiger charge is -2.34. The summed E-state index contributed by atoms with van der Waals surface area (Å²) in [5, 5.41) is 4.89. The first kappa shape index (κ1) is 24.5. The molecule has 2 heterocycles. The fourth-order valence-corrected chi connectivity index (χ4v) is 3.31. The Balaban J connectivity index is 1.98. The van der Waals surface area contributed by atoms with Crippen LogP contribution in [-0.4, -0.2) is 53.7 Å². The van der Waals surface area contributed by atoms with E-state index in [0.717, 1.165) is 18.2 Å². The molecule has 0 radical (unpaired) electrons. The van der Waals surface area contributed by atoms with E-state index in [2.05, 4.69) is 20.4 Å². The molecular formula is C20H18ClF5N4O3. The molecule has 13 heteroatoms. The van der Waals surface area contributed by atoms with Gasteiger partial charge in [0.2, 0.25) is 5.91 Å². The van der Waals surface area contributed by atoms with Crippen LogP contribution < -0.4 is 15.4 Å². The van der Waals surface area contributed by atoms with Crippen LogP contribution in [0.5, 0.6) is 5.88 Å². The minimum atomic E-state index is -3.55. The topological polar surface area (TPSA) is 83.6 Å². The Morgan fingerprint density at radius 3 is 2.61 bits per heavy atom. The van der Waals surface area contributed by atoms with Gasteiger partial charge in [0.1, 0.15) is 11.9 Å². The van der Waals surface area contributed by atoms with Crippen molar-refractivity contribution in [1.29, 1.82) is 0 Å². The monoisotopic (exact) mass is 492 g/mol. The molecular weight excluding hydrogens is 475 g/mol. The third-order valence-corrected chi connectivity index (χ3v) is 5.15. The summed E-state index contributed by atoms with van der Waals surface area (Å²) in [6.45, 7) is 1.90. The highest BCUT2D eigenvalue weighted by molar-refractivity contribution is 6.30. The Hall–Kier alpha value is -3.15. The second-order valence-corrected chi connectivity index (χ2v) is 7.45. The molecule has 2 N–H and O–H groups in total. The quantitative estimate of drug-likeness (QED) is 0.604. The average molecular weight is 493 g/mol. The standard InChI is InChI=1S/C20H18ClF5N4O3/c1-9-18(31)27-6-7-30(9)20(32)29-15(10-2-3-12(22)11(21)8-10)14-5-4-13(23)19(28-14)33-17(26)16(24)25/h2-5,8-9,15-17H,6-7H2,1H3,(H,27,31)(H,29,32)/t9-,15-,17?/m1/s1. The van der Waals surface area contributed by atoms with Gasteiger partial charge in [-0.1, -0.05) is 17.7 Å². The van der Waals surface area contributed by atoms with Crippen molar-refractivity contribution >= 4 is 23.5 Å². The van der Waals surface area contributed by atoms with Gasteiger partial charge in [0.15, 0.2) is 5.82 Å². The van der Waals surface area contributed by atoms with Gasteiger partial charge in [-0.2, -0.15) is 4.39 Å². The van der Waals surface area contributed by atoms with Crippen LogP contribution in [0.15, 0.2) is 30.3 Å². The fraction of sp³-hybridized carbons (Fsp3) is 0.350. The number of carbonyl (C=O) groups excluding carboxylic acids is 2. The molecule has 1 fully saturated rings. The van der Waals surface area contributed by atoms with Gasteiger partial charge in [-0.05, 0) is 36.8 Å². The first-order valence-electron chi connectivity index (χ1n) is 9.63. The highest BCUT2D eigenvalue weighted by Crippen LogP contribution is 2.28. The molecule has 1 aliphatic rings. The van der Waals surface area contributed by atoms with Gasteiger partial charge in [-0.25, -0.2) is 27.3 Å². The van der Waals surface area contributed by atoms with Crippen molar-refractivity contribution in [3.05, 3.63) is 58.2 Å². The molecule has 0 saturated carbocycles. The molecule has 3 atom stereocenters. The normalized spacial score (nSPS) is 18.0. The molecule has 1 unspecified atom stereocenters. The molecule has 1 aliphatic heterocycles. The Labute approximate surface area is 189 Å². The number of piperazine rings is 1. The lowest BCUT2D eigenvalue weighted by molar-refractivity contribution is -0.126. The highest BCUT2D eigenvalue weighted by atomic mass is 35.5. The SMILES string of the molecule is C[C@@H]1C(=O)NCCN1C(=O)N[C@H](c1ccc(F)c(Cl)c1)c1ccc(F)c(OC(F)C(F)F)n1. The number of rotatable bonds is 6. The maximum Gasteiger partial charge on any atom is 0.318 e. The maximum absolute atomic E-state index is 14.0. The number of amides is 3. The van der Waals surface area contributed by atoms with Crippen LogP contribution in [0.1, 0.15) is 24.2 Å². The first-order valence-corrected chi connectivity index (χ1v) is 10.0. The van der Waals surface area contributed by atoms with Gasteiger partial charge >= 0.3 is 12.5 Å². The summed E-state index contributed by atoms with van der Waals surface area (Å²) in [6.07, 6.45) is -6.68. The average Bonchev–Trinajstić information content (AvgIpc) is 2.77. The number of ether oxygens (including phenoxy) is 1. The minimum Gasteiger partial charge on any atom is -0.435 e. The van der Waals surface area contributed by atoms with E-state index in [4.69, 9.17) is 11.6 Å². The van der Waals surface area contributed by atoms with Crippen LogP contribution in [0, 0.1) is 11.6 Å². The minimum absolute atomic E-state index is 0.141. The van der Waals surface area contributed by atoms with Gasteiger partial charge in [0.25, 0.3) is 12.2 Å². The molecule has 33 heavy (non-hydrogen) atoms. The third kappa shape index (κ3) is 5.62. The Morgan fingerprint density at radius 2 is 1.94 bits per heavy atom. The van der Waals surface area contributed by atoms with Crippen molar-refractivity contribution in [2.45, 2.75) is 31.8 Å². The van der Waals surface area contributed by atoms with Crippen molar-refractivity contribution in [3.63, 3.8) is 0 Å². The summed E-state index contributed by atoms with van der Waals surface area (Å²) < 4.78 is 70.3.